The fraction of sp³-hybridized carbons (Fsp3) is 0.200. The molecule has 0 saturated heterocycles. The van der Waals surface area contributed by atoms with Crippen LogP contribution in [0.5, 0.6) is 0 Å². The van der Waals surface area contributed by atoms with Crippen LogP contribution in [0.1, 0.15) is 11.1 Å². The number of furan rings is 1. The summed E-state index contributed by atoms with van der Waals surface area (Å²) in [6, 6.07) is 7.21. The first kappa shape index (κ1) is 6.47. The molecule has 2 rings (SSSR count). The monoisotopic (exact) mass is 145 g/mol. The Balaban J connectivity index is 2.91. The Bertz CT molecular complexity index is 385. The highest BCUT2D eigenvalue weighted by Crippen LogP contribution is 2.20. The van der Waals surface area contributed by atoms with Gasteiger partial charge in [-0.2, -0.15) is 0 Å². The minimum Gasteiger partial charge on any atom is -0.464 e. The van der Waals surface area contributed by atoms with Crippen LogP contribution < -0.4 is 0 Å². The average Bonchev–Trinajstić information content (AvgIpc) is 2.34. The van der Waals surface area contributed by atoms with Crippen molar-refractivity contribution in [2.75, 3.05) is 0 Å². The molecule has 1 nitrogen and oxygen atoms in total. The summed E-state index contributed by atoms with van der Waals surface area (Å²) in [5.74, 6) is 0. The largest absolute Gasteiger partial charge is 0.464 e. The lowest BCUT2D eigenvalue weighted by Gasteiger charge is -1.95. The van der Waals surface area contributed by atoms with Crippen molar-refractivity contribution in [2.24, 2.45) is 0 Å². The van der Waals surface area contributed by atoms with Gasteiger partial charge in [-0.1, -0.05) is 6.07 Å². The summed E-state index contributed by atoms with van der Waals surface area (Å²) in [5, 5.41) is 1.09. The Kier molecular flexibility index (Phi) is 1.25. The van der Waals surface area contributed by atoms with Crippen molar-refractivity contribution in [1.29, 1.82) is 0 Å². The first-order chi connectivity index (χ1) is 5.27. The standard InChI is InChI=1S/C10H9O/c1-7-5-8(2)9-3-4-11-10(9)6-7/h4-6H,1-2H3. The maximum atomic E-state index is 5.22. The molecule has 0 amide bonds. The van der Waals surface area contributed by atoms with Gasteiger partial charge in [0.2, 0.25) is 0 Å². The van der Waals surface area contributed by atoms with Crippen LogP contribution in [-0.2, 0) is 0 Å². The first-order valence-electron chi connectivity index (χ1n) is 3.63. The fourth-order valence-corrected chi connectivity index (χ4v) is 1.36. The zero-order valence-corrected chi connectivity index (χ0v) is 6.64. The summed E-state index contributed by atoms with van der Waals surface area (Å²) in [7, 11) is 0. The van der Waals surface area contributed by atoms with Crippen LogP contribution in [0.25, 0.3) is 11.0 Å². The smallest absolute Gasteiger partial charge is 0.135 e. The normalized spacial score (nSPS) is 10.7. The summed E-state index contributed by atoms with van der Waals surface area (Å²) in [4.78, 5) is 0. The van der Waals surface area contributed by atoms with Crippen molar-refractivity contribution in [1.82, 2.24) is 0 Å². The SMILES string of the molecule is Cc1cc(C)c2[c]coc2c1. The number of hydrogen-bond acceptors (Lipinski definition) is 1. The number of rotatable bonds is 0. The molecule has 0 spiro atoms. The molecule has 1 heterocycles. The summed E-state index contributed by atoms with van der Waals surface area (Å²) in [6.07, 6.45) is 1.61. The van der Waals surface area contributed by atoms with Crippen LogP contribution in [0.3, 0.4) is 0 Å². The van der Waals surface area contributed by atoms with Crippen LogP contribution in [0.2, 0.25) is 0 Å². The second-order valence-corrected chi connectivity index (χ2v) is 2.83. The molecular formula is C10H9O. The van der Waals surface area contributed by atoms with Crippen LogP contribution in [0, 0.1) is 19.9 Å². The van der Waals surface area contributed by atoms with E-state index in [-0.39, 0.29) is 0 Å². The molecule has 0 N–H and O–H groups in total. The Morgan fingerprint density at radius 3 is 2.91 bits per heavy atom. The number of benzene rings is 1. The van der Waals surface area contributed by atoms with Gasteiger partial charge in [0.15, 0.2) is 0 Å². The highest BCUT2D eigenvalue weighted by molar-refractivity contribution is 5.80. The highest BCUT2D eigenvalue weighted by atomic mass is 16.3. The molecule has 0 aliphatic rings. The summed E-state index contributed by atoms with van der Waals surface area (Å²) < 4.78 is 5.22. The molecule has 55 valence electrons. The van der Waals surface area contributed by atoms with Gasteiger partial charge in [-0.15, -0.1) is 0 Å². The molecule has 0 aliphatic carbocycles. The number of fused-ring (bicyclic) bond motifs is 1. The number of hydrogen-bond donors (Lipinski definition) is 0. The summed E-state index contributed by atoms with van der Waals surface area (Å²) >= 11 is 0. The average molecular weight is 145 g/mol. The van der Waals surface area contributed by atoms with Gasteiger partial charge in [0.1, 0.15) is 5.58 Å². The van der Waals surface area contributed by atoms with E-state index in [1.165, 1.54) is 11.1 Å². The van der Waals surface area contributed by atoms with Gasteiger partial charge in [-0.05, 0) is 31.0 Å². The highest BCUT2D eigenvalue weighted by Gasteiger charge is 2.00. The van der Waals surface area contributed by atoms with E-state index in [1.54, 1.807) is 6.26 Å². The summed E-state index contributed by atoms with van der Waals surface area (Å²) in [6.45, 7) is 4.14. The Morgan fingerprint density at radius 2 is 2.09 bits per heavy atom. The van der Waals surface area contributed by atoms with Crippen LogP contribution >= 0.6 is 0 Å². The first-order valence-corrected chi connectivity index (χ1v) is 3.63. The molecular weight excluding hydrogens is 136 g/mol. The van der Waals surface area contributed by atoms with Gasteiger partial charge >= 0.3 is 0 Å². The lowest BCUT2D eigenvalue weighted by molar-refractivity contribution is 0.615. The van der Waals surface area contributed by atoms with Crippen molar-refractivity contribution >= 4 is 11.0 Å². The molecule has 2 aromatic rings. The maximum absolute atomic E-state index is 5.22. The van der Waals surface area contributed by atoms with Gasteiger partial charge < -0.3 is 4.42 Å². The van der Waals surface area contributed by atoms with E-state index in [4.69, 9.17) is 4.42 Å². The third-order valence-electron chi connectivity index (χ3n) is 1.83. The predicted molar refractivity (Wildman–Crippen MR) is 44.5 cm³/mol. The Morgan fingerprint density at radius 1 is 1.27 bits per heavy atom. The van der Waals surface area contributed by atoms with Crippen molar-refractivity contribution in [2.45, 2.75) is 13.8 Å². The van der Waals surface area contributed by atoms with Gasteiger partial charge in [-0.3, -0.25) is 0 Å². The van der Waals surface area contributed by atoms with E-state index in [9.17, 15) is 0 Å². The van der Waals surface area contributed by atoms with Crippen molar-refractivity contribution in [3.8, 4) is 0 Å². The molecule has 1 heteroatoms. The zero-order valence-electron chi connectivity index (χ0n) is 6.64. The molecule has 0 aliphatic heterocycles. The molecule has 0 bridgehead atoms. The molecule has 1 aromatic heterocycles. The van der Waals surface area contributed by atoms with Crippen LogP contribution in [0.4, 0.5) is 0 Å². The molecule has 0 saturated carbocycles. The Labute approximate surface area is 65.6 Å². The molecule has 1 aromatic carbocycles. The molecule has 0 fully saturated rings. The van der Waals surface area contributed by atoms with Gasteiger partial charge in [-0.25, -0.2) is 0 Å². The third-order valence-corrected chi connectivity index (χ3v) is 1.83. The van der Waals surface area contributed by atoms with E-state index < -0.39 is 0 Å². The topological polar surface area (TPSA) is 13.1 Å². The van der Waals surface area contributed by atoms with E-state index >= 15 is 0 Å². The molecule has 11 heavy (non-hydrogen) atoms. The summed E-state index contributed by atoms with van der Waals surface area (Å²) in [5.41, 5.74) is 3.40. The van der Waals surface area contributed by atoms with E-state index in [0.717, 1.165) is 11.0 Å². The minimum absolute atomic E-state index is 0.933. The predicted octanol–water partition coefficient (Wildman–Crippen LogP) is 2.85. The van der Waals surface area contributed by atoms with E-state index in [1.807, 2.05) is 6.07 Å². The van der Waals surface area contributed by atoms with Gasteiger partial charge in [0.25, 0.3) is 0 Å². The Hall–Kier alpha value is -1.24. The van der Waals surface area contributed by atoms with Crippen molar-refractivity contribution in [3.63, 3.8) is 0 Å². The van der Waals surface area contributed by atoms with Crippen LogP contribution in [0.15, 0.2) is 22.8 Å². The molecule has 0 unspecified atom stereocenters. The number of aryl methyl sites for hydroxylation is 2. The molecule has 0 atom stereocenters. The minimum atomic E-state index is 0.933. The lowest BCUT2D eigenvalue weighted by Crippen LogP contribution is -1.76. The van der Waals surface area contributed by atoms with Crippen molar-refractivity contribution < 1.29 is 4.42 Å². The fourth-order valence-electron chi connectivity index (χ4n) is 1.36. The maximum Gasteiger partial charge on any atom is 0.135 e. The quantitative estimate of drug-likeness (QED) is 0.555. The van der Waals surface area contributed by atoms with Gasteiger partial charge in [0.05, 0.1) is 6.26 Å². The second-order valence-electron chi connectivity index (χ2n) is 2.83. The van der Waals surface area contributed by atoms with Gasteiger partial charge in [0, 0.05) is 11.5 Å². The van der Waals surface area contributed by atoms with Crippen molar-refractivity contribution in [3.05, 3.63) is 35.6 Å². The van der Waals surface area contributed by atoms with E-state index in [0.29, 0.717) is 0 Å². The molecule has 1 radical (unpaired) electrons. The van der Waals surface area contributed by atoms with Crippen LogP contribution in [-0.4, -0.2) is 0 Å². The third kappa shape index (κ3) is 0.929. The zero-order chi connectivity index (χ0) is 7.84. The lowest BCUT2D eigenvalue weighted by atomic mass is 10.1. The van der Waals surface area contributed by atoms with E-state index in [2.05, 4.69) is 26.0 Å². The second kappa shape index (κ2) is 2.12.